The molecule has 0 fully saturated rings. The molecule has 1 aromatic carbocycles. The summed E-state index contributed by atoms with van der Waals surface area (Å²) in [6.45, 7) is 0. The summed E-state index contributed by atoms with van der Waals surface area (Å²) in [7, 11) is 0. The monoisotopic (exact) mass is 205 g/mol. The minimum Gasteiger partial charge on any atom is -0.197 e. The summed E-state index contributed by atoms with van der Waals surface area (Å²) in [5.41, 5.74) is 1.83. The Kier molecular flexibility index (Phi) is 2.77. The van der Waals surface area contributed by atoms with Crippen LogP contribution in [0.4, 0.5) is 0 Å². The molecule has 1 N–H and O–H groups in total. The molecule has 0 radical (unpaired) electrons. The van der Waals surface area contributed by atoms with E-state index in [0.29, 0.717) is 0 Å². The minimum absolute atomic E-state index is 0.914. The van der Waals surface area contributed by atoms with Crippen molar-refractivity contribution in [2.24, 2.45) is 0 Å². The van der Waals surface area contributed by atoms with Gasteiger partial charge in [-0.1, -0.05) is 16.6 Å². The van der Waals surface area contributed by atoms with E-state index < -0.39 is 0 Å². The lowest BCUT2D eigenvalue weighted by molar-refractivity contribution is 0.959. The van der Waals surface area contributed by atoms with Gasteiger partial charge in [-0.2, -0.15) is 15.4 Å². The maximum absolute atomic E-state index is 3.88. The molecule has 3 aromatic rings. The van der Waals surface area contributed by atoms with Crippen molar-refractivity contribution in [1.29, 1.82) is 0 Å². The molecule has 0 aliphatic rings. The molecule has 14 heavy (non-hydrogen) atoms. The van der Waals surface area contributed by atoms with Crippen molar-refractivity contribution >= 4 is 22.6 Å². The number of para-hydroxylation sites is 2. The molecule has 0 atom stereocenters. The van der Waals surface area contributed by atoms with E-state index >= 15 is 0 Å². The minimum atomic E-state index is 0.914. The molecule has 5 nitrogen and oxygen atoms in total. The number of H-pyrrole nitrogens is 1. The Bertz CT molecular complexity index is 428. The number of hydrogen-bond donors (Lipinski definition) is 1. The molecule has 0 saturated carbocycles. The Balaban J connectivity index is 0.000000128. The molecule has 0 unspecified atom stereocenters. The summed E-state index contributed by atoms with van der Waals surface area (Å²) in [5.74, 6) is 0. The molecule has 0 amide bonds. The van der Waals surface area contributed by atoms with Gasteiger partial charge in [-0.3, -0.25) is 0 Å². The molecule has 0 aliphatic carbocycles. The van der Waals surface area contributed by atoms with Crippen LogP contribution in [0.1, 0.15) is 0 Å². The zero-order valence-corrected chi connectivity index (χ0v) is 7.98. The second-order valence-corrected chi connectivity index (χ2v) is 3.05. The van der Waals surface area contributed by atoms with Crippen LogP contribution in [0.2, 0.25) is 0 Å². The van der Waals surface area contributed by atoms with Gasteiger partial charge < -0.3 is 0 Å². The molecule has 6 heteroatoms. The molecule has 2 heterocycles. The Morgan fingerprint density at radius 1 is 1.07 bits per heavy atom. The van der Waals surface area contributed by atoms with E-state index in [9.17, 15) is 0 Å². The van der Waals surface area contributed by atoms with Crippen molar-refractivity contribution in [2.75, 3.05) is 0 Å². The van der Waals surface area contributed by atoms with Gasteiger partial charge in [0.05, 0.1) is 6.20 Å². The van der Waals surface area contributed by atoms with Crippen molar-refractivity contribution in [3.05, 3.63) is 35.8 Å². The van der Waals surface area contributed by atoms with E-state index in [-0.39, 0.29) is 0 Å². The molecule has 0 spiro atoms. The number of nitrogens with one attached hydrogen (secondary N) is 1. The van der Waals surface area contributed by atoms with E-state index in [2.05, 4.69) is 25.0 Å². The van der Waals surface area contributed by atoms with Crippen molar-refractivity contribution in [1.82, 2.24) is 25.0 Å². The van der Waals surface area contributed by atoms with Gasteiger partial charge in [0.1, 0.15) is 11.0 Å². The molecule has 0 bridgehead atoms. The van der Waals surface area contributed by atoms with E-state index in [1.807, 2.05) is 29.6 Å². The lowest BCUT2D eigenvalue weighted by atomic mass is 10.3. The highest BCUT2D eigenvalue weighted by Gasteiger charge is 1.90. The molecule has 70 valence electrons. The molecule has 0 saturated heterocycles. The Labute approximate surface area is 84.0 Å². The van der Waals surface area contributed by atoms with Crippen LogP contribution in [0.15, 0.2) is 35.8 Å². The number of fused-ring (bicyclic) bond motifs is 1. The van der Waals surface area contributed by atoms with Crippen molar-refractivity contribution in [3.63, 3.8) is 0 Å². The largest absolute Gasteiger partial charge is 0.197 e. The topological polar surface area (TPSA) is 67.3 Å². The second kappa shape index (κ2) is 4.43. The Morgan fingerprint density at radius 3 is 2.21 bits per heavy atom. The van der Waals surface area contributed by atoms with Gasteiger partial charge in [0.15, 0.2) is 0 Å². The van der Waals surface area contributed by atoms with Crippen molar-refractivity contribution in [2.45, 2.75) is 0 Å². The van der Waals surface area contributed by atoms with Gasteiger partial charge in [-0.05, 0) is 23.7 Å². The summed E-state index contributed by atoms with van der Waals surface area (Å²) in [6, 6.07) is 7.70. The Hall–Kier alpha value is -1.82. The fourth-order valence-electron chi connectivity index (χ4n) is 0.922. The second-order valence-electron chi connectivity index (χ2n) is 2.40. The predicted molar refractivity (Wildman–Crippen MR) is 53.8 cm³/mol. The van der Waals surface area contributed by atoms with E-state index in [1.165, 1.54) is 11.5 Å². The third-order valence-electron chi connectivity index (χ3n) is 1.51. The zero-order chi connectivity index (χ0) is 9.64. The summed E-state index contributed by atoms with van der Waals surface area (Å²) >= 11 is 1.35. The lowest BCUT2D eigenvalue weighted by Gasteiger charge is -1.78. The fourth-order valence-corrected chi connectivity index (χ4v) is 1.19. The number of benzene rings is 1. The van der Waals surface area contributed by atoms with Crippen LogP contribution >= 0.6 is 11.5 Å². The van der Waals surface area contributed by atoms with Crippen LogP contribution in [0.25, 0.3) is 11.0 Å². The number of rotatable bonds is 0. The Morgan fingerprint density at radius 2 is 1.79 bits per heavy atom. The molecule has 0 aliphatic heterocycles. The standard InChI is InChI=1S/C6H5N3.C2H2N2S/c1-2-4-6-5(3-1)7-9-8-6;1-2-5-4-3-1/h1-4H,(H,7,8,9);1-2H. The van der Waals surface area contributed by atoms with E-state index in [4.69, 9.17) is 0 Å². The highest BCUT2D eigenvalue weighted by atomic mass is 32.1. The summed E-state index contributed by atoms with van der Waals surface area (Å²) in [6.07, 6.45) is 1.66. The van der Waals surface area contributed by atoms with Crippen LogP contribution in [-0.2, 0) is 0 Å². The van der Waals surface area contributed by atoms with Gasteiger partial charge in [0.2, 0.25) is 0 Å². The predicted octanol–water partition coefficient (Wildman–Crippen LogP) is 1.50. The summed E-state index contributed by atoms with van der Waals surface area (Å²) in [5, 5.41) is 15.6. The zero-order valence-electron chi connectivity index (χ0n) is 7.16. The first-order chi connectivity index (χ1) is 6.97. The van der Waals surface area contributed by atoms with E-state index in [0.717, 1.165) is 11.0 Å². The number of aromatic nitrogens is 5. The van der Waals surface area contributed by atoms with Gasteiger partial charge in [-0.25, -0.2) is 0 Å². The van der Waals surface area contributed by atoms with Gasteiger partial charge in [0, 0.05) is 5.38 Å². The lowest BCUT2D eigenvalue weighted by Crippen LogP contribution is -1.63. The first-order valence-corrected chi connectivity index (χ1v) is 4.77. The maximum Gasteiger partial charge on any atom is 0.112 e. The van der Waals surface area contributed by atoms with Crippen molar-refractivity contribution in [3.8, 4) is 0 Å². The van der Waals surface area contributed by atoms with Crippen LogP contribution in [0, 0.1) is 0 Å². The third-order valence-corrected chi connectivity index (χ3v) is 1.94. The van der Waals surface area contributed by atoms with Crippen LogP contribution in [0.3, 0.4) is 0 Å². The molecule has 2 aromatic heterocycles. The molecular weight excluding hydrogens is 198 g/mol. The maximum atomic E-state index is 3.88. The number of aromatic amines is 1. The summed E-state index contributed by atoms with van der Waals surface area (Å²) < 4.78 is 3.51. The quantitative estimate of drug-likeness (QED) is 0.603. The third kappa shape index (κ3) is 2.11. The smallest absolute Gasteiger partial charge is 0.112 e. The van der Waals surface area contributed by atoms with E-state index in [1.54, 1.807) is 6.20 Å². The SMILES string of the molecule is c1ccc2n[nH]nc2c1.c1csnn1. The van der Waals surface area contributed by atoms with Crippen LogP contribution < -0.4 is 0 Å². The number of nitrogens with zero attached hydrogens (tertiary/aromatic N) is 4. The van der Waals surface area contributed by atoms with Crippen molar-refractivity contribution < 1.29 is 0 Å². The average Bonchev–Trinajstić information content (AvgIpc) is 2.92. The summed E-state index contributed by atoms with van der Waals surface area (Å²) in [4.78, 5) is 0. The normalized spacial score (nSPS) is 9.43. The highest BCUT2D eigenvalue weighted by Crippen LogP contribution is 2.03. The van der Waals surface area contributed by atoms with Gasteiger partial charge in [-0.15, -0.1) is 5.10 Å². The molecular formula is C8H7N5S. The first-order valence-electron chi connectivity index (χ1n) is 3.93. The fraction of sp³-hybridized carbons (Fsp3) is 0. The highest BCUT2D eigenvalue weighted by molar-refractivity contribution is 7.03. The first kappa shape index (κ1) is 8.76. The average molecular weight is 205 g/mol. The number of hydrogen-bond acceptors (Lipinski definition) is 5. The van der Waals surface area contributed by atoms with Crippen LogP contribution in [-0.4, -0.2) is 25.0 Å². The van der Waals surface area contributed by atoms with Gasteiger partial charge >= 0.3 is 0 Å². The van der Waals surface area contributed by atoms with Crippen LogP contribution in [0.5, 0.6) is 0 Å². The molecule has 3 rings (SSSR count). The van der Waals surface area contributed by atoms with Gasteiger partial charge in [0.25, 0.3) is 0 Å².